The maximum Gasteiger partial charge on any atom is 0.123 e. The van der Waals surface area contributed by atoms with Crippen molar-refractivity contribution in [3.05, 3.63) is 52.4 Å². The van der Waals surface area contributed by atoms with Crippen LogP contribution >= 0.6 is 15.9 Å². The number of rotatable bonds is 5. The number of hydrogen-bond acceptors (Lipinski definition) is 3. The number of benzene rings is 1. The Bertz CT molecular complexity index is 573. The lowest BCUT2D eigenvalue weighted by atomic mass is 10.1. The first-order valence-corrected chi connectivity index (χ1v) is 7.91. The van der Waals surface area contributed by atoms with Crippen LogP contribution in [0.4, 0.5) is 5.69 Å². The fourth-order valence-electron chi connectivity index (χ4n) is 2.15. The van der Waals surface area contributed by atoms with E-state index in [0.717, 1.165) is 23.3 Å². The molecule has 0 saturated carbocycles. The monoisotopic (exact) mass is 350 g/mol. The van der Waals surface area contributed by atoms with Crippen LogP contribution in [0, 0.1) is 0 Å². The van der Waals surface area contributed by atoms with E-state index in [1.807, 2.05) is 12.1 Å². The van der Waals surface area contributed by atoms with Gasteiger partial charge in [-0.1, -0.05) is 15.9 Å². The fraction of sp³-hybridized carbons (Fsp3) is 0.412. The highest BCUT2D eigenvalue weighted by Gasteiger charge is 2.13. The molecule has 1 aromatic heterocycles. The largest absolute Gasteiger partial charge is 0.467 e. The van der Waals surface area contributed by atoms with Gasteiger partial charge in [-0.15, -0.1) is 0 Å². The highest BCUT2D eigenvalue weighted by molar-refractivity contribution is 9.10. The Hall–Kier alpha value is -1.26. The molecule has 0 amide bonds. The van der Waals surface area contributed by atoms with Crippen LogP contribution in [0.15, 0.2) is 45.5 Å². The number of furan rings is 1. The van der Waals surface area contributed by atoms with Gasteiger partial charge in [0, 0.05) is 29.3 Å². The van der Waals surface area contributed by atoms with Crippen LogP contribution in [-0.2, 0) is 13.1 Å². The molecule has 0 fully saturated rings. The third-order valence-electron chi connectivity index (χ3n) is 3.24. The molecular weight excluding hydrogens is 328 g/mol. The second-order valence-corrected chi connectivity index (χ2v) is 7.23. The molecule has 21 heavy (non-hydrogen) atoms. The van der Waals surface area contributed by atoms with E-state index in [4.69, 9.17) is 4.42 Å². The van der Waals surface area contributed by atoms with Gasteiger partial charge in [-0.2, -0.15) is 0 Å². The third kappa shape index (κ3) is 4.90. The number of halogens is 1. The fourth-order valence-corrected chi connectivity index (χ4v) is 2.56. The van der Waals surface area contributed by atoms with Crippen molar-refractivity contribution in [1.29, 1.82) is 0 Å². The molecule has 114 valence electrons. The Morgan fingerprint density at radius 3 is 2.62 bits per heavy atom. The minimum atomic E-state index is 0.0964. The van der Waals surface area contributed by atoms with Gasteiger partial charge in [0.2, 0.25) is 0 Å². The van der Waals surface area contributed by atoms with E-state index >= 15 is 0 Å². The van der Waals surface area contributed by atoms with Crippen molar-refractivity contribution < 1.29 is 4.42 Å². The average Bonchev–Trinajstić information content (AvgIpc) is 2.88. The van der Waals surface area contributed by atoms with E-state index < -0.39 is 0 Å². The first-order chi connectivity index (χ1) is 9.85. The van der Waals surface area contributed by atoms with Crippen molar-refractivity contribution in [3.63, 3.8) is 0 Å². The molecule has 4 heteroatoms. The van der Waals surface area contributed by atoms with E-state index in [0.29, 0.717) is 0 Å². The topological polar surface area (TPSA) is 28.4 Å². The number of anilines is 1. The number of hydrogen-bond donors (Lipinski definition) is 1. The van der Waals surface area contributed by atoms with Gasteiger partial charge in [-0.3, -0.25) is 0 Å². The Balaban J connectivity index is 2.17. The second-order valence-electron chi connectivity index (χ2n) is 6.31. The molecule has 0 aliphatic heterocycles. The quantitative estimate of drug-likeness (QED) is 0.856. The zero-order chi connectivity index (χ0) is 15.5. The highest BCUT2D eigenvalue weighted by atomic mass is 79.9. The van der Waals surface area contributed by atoms with Gasteiger partial charge in [0.25, 0.3) is 0 Å². The molecule has 1 N–H and O–H groups in total. The van der Waals surface area contributed by atoms with Gasteiger partial charge in [-0.25, -0.2) is 0 Å². The van der Waals surface area contributed by atoms with Gasteiger partial charge >= 0.3 is 0 Å². The standard InChI is InChI=1S/C17H23BrN2O/c1-17(2,3)19-11-13-10-14(18)7-8-16(13)20(4)12-15-6-5-9-21-15/h5-10,19H,11-12H2,1-4H3. The predicted octanol–water partition coefficient (Wildman–Crippen LogP) is 4.57. The lowest BCUT2D eigenvalue weighted by molar-refractivity contribution is 0.424. The zero-order valence-corrected chi connectivity index (χ0v) is 14.7. The summed E-state index contributed by atoms with van der Waals surface area (Å²) >= 11 is 3.56. The van der Waals surface area contributed by atoms with Gasteiger partial charge < -0.3 is 14.6 Å². The number of nitrogens with zero attached hydrogens (tertiary/aromatic N) is 1. The van der Waals surface area contributed by atoms with Crippen LogP contribution in [-0.4, -0.2) is 12.6 Å². The molecule has 1 aromatic carbocycles. The van der Waals surface area contributed by atoms with E-state index in [1.165, 1.54) is 11.3 Å². The molecule has 0 atom stereocenters. The van der Waals surface area contributed by atoms with Crippen molar-refractivity contribution in [3.8, 4) is 0 Å². The summed E-state index contributed by atoms with van der Waals surface area (Å²) in [6, 6.07) is 10.3. The predicted molar refractivity (Wildman–Crippen MR) is 91.5 cm³/mol. The van der Waals surface area contributed by atoms with Crippen LogP contribution in [0.2, 0.25) is 0 Å². The van der Waals surface area contributed by atoms with E-state index in [9.17, 15) is 0 Å². The van der Waals surface area contributed by atoms with Crippen molar-refractivity contribution in [2.75, 3.05) is 11.9 Å². The molecule has 0 unspecified atom stereocenters. The van der Waals surface area contributed by atoms with Gasteiger partial charge in [-0.05, 0) is 56.7 Å². The smallest absolute Gasteiger partial charge is 0.123 e. The summed E-state index contributed by atoms with van der Waals surface area (Å²) in [5, 5.41) is 3.55. The first kappa shape index (κ1) is 16.1. The molecule has 0 spiro atoms. The van der Waals surface area contributed by atoms with Crippen LogP contribution in [0.25, 0.3) is 0 Å². The van der Waals surface area contributed by atoms with Crippen molar-refractivity contribution in [2.45, 2.75) is 39.4 Å². The van der Waals surface area contributed by atoms with Crippen molar-refractivity contribution >= 4 is 21.6 Å². The molecule has 2 aromatic rings. The van der Waals surface area contributed by atoms with Gasteiger partial charge in [0.05, 0.1) is 12.8 Å². The lowest BCUT2D eigenvalue weighted by Crippen LogP contribution is -2.35. The average molecular weight is 351 g/mol. The molecule has 0 saturated heterocycles. The summed E-state index contributed by atoms with van der Waals surface area (Å²) in [6.07, 6.45) is 1.72. The summed E-state index contributed by atoms with van der Waals surface area (Å²) in [4.78, 5) is 2.21. The first-order valence-electron chi connectivity index (χ1n) is 7.12. The molecule has 2 rings (SSSR count). The summed E-state index contributed by atoms with van der Waals surface area (Å²) < 4.78 is 6.54. The molecule has 0 radical (unpaired) electrons. The number of nitrogens with one attached hydrogen (secondary N) is 1. The van der Waals surface area contributed by atoms with E-state index in [1.54, 1.807) is 6.26 Å². The molecular formula is C17H23BrN2O. The maximum atomic E-state index is 5.44. The lowest BCUT2D eigenvalue weighted by Gasteiger charge is -2.25. The van der Waals surface area contributed by atoms with Gasteiger partial charge in [0.15, 0.2) is 0 Å². The van der Waals surface area contributed by atoms with Crippen LogP contribution < -0.4 is 10.2 Å². The van der Waals surface area contributed by atoms with E-state index in [2.05, 4.69) is 72.2 Å². The highest BCUT2D eigenvalue weighted by Crippen LogP contribution is 2.25. The van der Waals surface area contributed by atoms with Crippen LogP contribution in [0.3, 0.4) is 0 Å². The Morgan fingerprint density at radius 1 is 1.24 bits per heavy atom. The molecule has 0 aliphatic carbocycles. The normalized spacial score (nSPS) is 11.7. The summed E-state index contributed by atoms with van der Waals surface area (Å²) in [7, 11) is 2.09. The van der Waals surface area contributed by atoms with Gasteiger partial charge in [0.1, 0.15) is 5.76 Å². The summed E-state index contributed by atoms with van der Waals surface area (Å²) in [6.45, 7) is 8.13. The van der Waals surface area contributed by atoms with Crippen molar-refractivity contribution in [2.24, 2.45) is 0 Å². The minimum absolute atomic E-state index is 0.0964. The minimum Gasteiger partial charge on any atom is -0.467 e. The van der Waals surface area contributed by atoms with E-state index in [-0.39, 0.29) is 5.54 Å². The molecule has 0 aliphatic rings. The van der Waals surface area contributed by atoms with Crippen molar-refractivity contribution in [1.82, 2.24) is 5.32 Å². The second kappa shape index (κ2) is 6.67. The Morgan fingerprint density at radius 2 is 2.00 bits per heavy atom. The van der Waals surface area contributed by atoms with Crippen LogP contribution in [0.5, 0.6) is 0 Å². The Labute approximate surface area is 135 Å². The SMILES string of the molecule is CN(Cc1ccco1)c1ccc(Br)cc1CNC(C)(C)C. The third-order valence-corrected chi connectivity index (χ3v) is 3.73. The molecule has 0 bridgehead atoms. The molecule has 3 nitrogen and oxygen atoms in total. The Kier molecular flexibility index (Phi) is 5.12. The van der Waals surface area contributed by atoms with Crippen LogP contribution in [0.1, 0.15) is 32.1 Å². The summed E-state index contributed by atoms with van der Waals surface area (Å²) in [5.74, 6) is 0.968. The molecule has 1 heterocycles. The maximum absolute atomic E-state index is 5.44. The summed E-state index contributed by atoms with van der Waals surface area (Å²) in [5.41, 5.74) is 2.58. The zero-order valence-electron chi connectivity index (χ0n) is 13.1.